The molecule has 0 spiro atoms. The molecular weight excluding hydrogens is 243 g/mol. The minimum absolute atomic E-state index is 0.00154. The minimum Gasteiger partial charge on any atom is -0.307 e. The number of carbonyl (C=O) groups excluding carboxylic acids is 1. The zero-order chi connectivity index (χ0) is 13.2. The van der Waals surface area contributed by atoms with Crippen LogP contribution in [0.4, 0.5) is 13.2 Å². The molecule has 0 aromatic heterocycles. The normalized spacial score (nSPS) is 15.7. The number of halogens is 3. The number of hydrogen-bond donors (Lipinski definition) is 1. The molecule has 0 atom stereocenters. The van der Waals surface area contributed by atoms with Gasteiger partial charge in [-0.3, -0.25) is 4.79 Å². The van der Waals surface area contributed by atoms with Crippen LogP contribution in [-0.4, -0.2) is 18.4 Å². The summed E-state index contributed by atoms with van der Waals surface area (Å²) in [5.41, 5.74) is -0.0691. The molecule has 5 heteroatoms. The third-order valence-corrected chi connectivity index (χ3v) is 2.85. The van der Waals surface area contributed by atoms with Gasteiger partial charge in [-0.1, -0.05) is 12.1 Å². The fraction of sp³-hybridized carbons (Fsp3) is 0.462. The highest BCUT2D eigenvalue weighted by atomic mass is 19.4. The smallest absolute Gasteiger partial charge is 0.307 e. The van der Waals surface area contributed by atoms with E-state index in [4.69, 9.17) is 0 Å². The second kappa shape index (κ2) is 5.10. The highest BCUT2D eigenvalue weighted by molar-refractivity contribution is 5.82. The van der Waals surface area contributed by atoms with Crippen LogP contribution in [-0.2, 0) is 17.4 Å². The van der Waals surface area contributed by atoms with Crippen molar-refractivity contribution in [3.8, 4) is 0 Å². The van der Waals surface area contributed by atoms with Crippen molar-refractivity contribution >= 4 is 5.78 Å². The summed E-state index contributed by atoms with van der Waals surface area (Å²) in [6.45, 7) is 0.297. The largest absolute Gasteiger partial charge is 0.416 e. The van der Waals surface area contributed by atoms with Gasteiger partial charge in [0.25, 0.3) is 0 Å². The molecule has 1 aliphatic carbocycles. The first-order valence-electron chi connectivity index (χ1n) is 5.86. The van der Waals surface area contributed by atoms with Crippen LogP contribution in [0.15, 0.2) is 24.3 Å². The maximum Gasteiger partial charge on any atom is 0.416 e. The van der Waals surface area contributed by atoms with E-state index in [0.29, 0.717) is 18.2 Å². The van der Waals surface area contributed by atoms with E-state index in [9.17, 15) is 18.0 Å². The van der Waals surface area contributed by atoms with Gasteiger partial charge in [-0.15, -0.1) is 0 Å². The Morgan fingerprint density at radius 3 is 2.33 bits per heavy atom. The lowest BCUT2D eigenvalue weighted by molar-refractivity contribution is -0.137. The Hall–Kier alpha value is -1.36. The zero-order valence-corrected chi connectivity index (χ0v) is 9.76. The van der Waals surface area contributed by atoms with Gasteiger partial charge in [0.15, 0.2) is 5.78 Å². The topological polar surface area (TPSA) is 29.1 Å². The van der Waals surface area contributed by atoms with Crippen LogP contribution in [0.25, 0.3) is 0 Å². The van der Waals surface area contributed by atoms with Gasteiger partial charge in [0.1, 0.15) is 0 Å². The summed E-state index contributed by atoms with van der Waals surface area (Å²) in [5, 5.41) is 3.08. The summed E-state index contributed by atoms with van der Waals surface area (Å²) in [5.74, 6) is 0.00154. The van der Waals surface area contributed by atoms with Gasteiger partial charge in [-0.2, -0.15) is 13.2 Å². The van der Waals surface area contributed by atoms with E-state index in [1.54, 1.807) is 0 Å². The fourth-order valence-corrected chi connectivity index (χ4v) is 1.65. The van der Waals surface area contributed by atoms with Crippen LogP contribution in [0.1, 0.15) is 24.0 Å². The van der Waals surface area contributed by atoms with E-state index >= 15 is 0 Å². The molecule has 0 radical (unpaired) electrons. The summed E-state index contributed by atoms with van der Waals surface area (Å²) < 4.78 is 37.0. The third kappa shape index (κ3) is 3.84. The monoisotopic (exact) mass is 257 g/mol. The van der Waals surface area contributed by atoms with E-state index in [2.05, 4.69) is 5.32 Å². The van der Waals surface area contributed by atoms with Crippen molar-refractivity contribution in [3.05, 3.63) is 35.4 Å². The molecule has 1 fully saturated rings. The lowest BCUT2D eigenvalue weighted by Crippen LogP contribution is -2.25. The van der Waals surface area contributed by atoms with Gasteiger partial charge in [0, 0.05) is 12.5 Å². The van der Waals surface area contributed by atoms with Crippen molar-refractivity contribution in [2.75, 3.05) is 6.54 Å². The van der Waals surface area contributed by atoms with Gasteiger partial charge in [0.05, 0.1) is 12.1 Å². The second-order valence-electron chi connectivity index (χ2n) is 4.57. The predicted octanol–water partition coefficient (Wildman–Crippen LogP) is 2.57. The Labute approximate surface area is 103 Å². The third-order valence-electron chi connectivity index (χ3n) is 2.85. The molecule has 18 heavy (non-hydrogen) atoms. The molecule has 0 aliphatic heterocycles. The van der Waals surface area contributed by atoms with E-state index in [1.807, 2.05) is 0 Å². The molecule has 1 N–H and O–H groups in total. The quantitative estimate of drug-likeness (QED) is 0.878. The molecule has 1 saturated carbocycles. The lowest BCUT2D eigenvalue weighted by Gasteiger charge is -2.07. The summed E-state index contributed by atoms with van der Waals surface area (Å²) in [6, 6.07) is 5.20. The first-order valence-corrected chi connectivity index (χ1v) is 5.86. The fourth-order valence-electron chi connectivity index (χ4n) is 1.65. The van der Waals surface area contributed by atoms with Gasteiger partial charge < -0.3 is 5.32 Å². The molecule has 0 unspecified atom stereocenters. The second-order valence-corrected chi connectivity index (χ2v) is 4.57. The summed E-state index contributed by atoms with van der Waals surface area (Å²) in [4.78, 5) is 11.5. The van der Waals surface area contributed by atoms with Crippen molar-refractivity contribution in [2.24, 2.45) is 0 Å². The Bertz CT molecular complexity index is 421. The van der Waals surface area contributed by atoms with Crippen LogP contribution in [0.2, 0.25) is 0 Å². The number of alkyl halides is 3. The average Bonchev–Trinajstić information content (AvgIpc) is 3.09. The maximum atomic E-state index is 12.3. The molecular formula is C13H14F3NO. The van der Waals surface area contributed by atoms with Crippen LogP contribution < -0.4 is 5.32 Å². The number of hydrogen-bond acceptors (Lipinski definition) is 2. The first-order chi connectivity index (χ1) is 8.45. The van der Waals surface area contributed by atoms with Gasteiger partial charge in [-0.25, -0.2) is 0 Å². The summed E-state index contributed by atoms with van der Waals surface area (Å²) in [7, 11) is 0. The molecule has 0 saturated heterocycles. The van der Waals surface area contributed by atoms with E-state index in [0.717, 1.165) is 25.0 Å². The van der Waals surface area contributed by atoms with Crippen molar-refractivity contribution in [1.82, 2.24) is 5.32 Å². The van der Waals surface area contributed by atoms with Crippen LogP contribution in [0.3, 0.4) is 0 Å². The number of carbonyl (C=O) groups is 1. The molecule has 1 aliphatic rings. The first kappa shape index (κ1) is 13.1. The zero-order valence-electron chi connectivity index (χ0n) is 9.76. The molecule has 0 amide bonds. The van der Waals surface area contributed by atoms with Gasteiger partial charge in [0.2, 0.25) is 0 Å². The average molecular weight is 257 g/mol. The summed E-state index contributed by atoms with van der Waals surface area (Å²) >= 11 is 0. The van der Waals surface area contributed by atoms with Crippen molar-refractivity contribution in [3.63, 3.8) is 0 Å². The van der Waals surface area contributed by atoms with E-state index in [1.165, 1.54) is 12.1 Å². The van der Waals surface area contributed by atoms with E-state index in [-0.39, 0.29) is 12.2 Å². The Morgan fingerprint density at radius 1 is 1.22 bits per heavy atom. The van der Waals surface area contributed by atoms with Crippen LogP contribution in [0.5, 0.6) is 0 Å². The Morgan fingerprint density at radius 2 is 1.83 bits per heavy atom. The molecule has 1 aromatic carbocycles. The molecule has 2 nitrogen and oxygen atoms in total. The summed E-state index contributed by atoms with van der Waals surface area (Å²) in [6.07, 6.45) is -1.94. The number of ketones is 1. The SMILES string of the molecule is O=C(CNC1CC1)Cc1ccc(C(F)(F)F)cc1. The Balaban J connectivity index is 1.87. The highest BCUT2D eigenvalue weighted by Crippen LogP contribution is 2.29. The van der Waals surface area contributed by atoms with Crippen molar-refractivity contribution < 1.29 is 18.0 Å². The number of nitrogens with one attached hydrogen (secondary N) is 1. The molecule has 98 valence electrons. The lowest BCUT2D eigenvalue weighted by atomic mass is 10.1. The van der Waals surface area contributed by atoms with Gasteiger partial charge in [-0.05, 0) is 30.5 Å². The molecule has 1 aromatic rings. The standard InChI is InChI=1S/C13H14F3NO/c14-13(15,16)10-3-1-9(2-4-10)7-12(18)8-17-11-5-6-11/h1-4,11,17H,5-8H2. The number of benzene rings is 1. The predicted molar refractivity (Wildman–Crippen MR) is 61.2 cm³/mol. The molecule has 0 heterocycles. The van der Waals surface area contributed by atoms with E-state index < -0.39 is 11.7 Å². The molecule has 0 bridgehead atoms. The Kier molecular flexibility index (Phi) is 3.71. The minimum atomic E-state index is -4.32. The maximum absolute atomic E-state index is 12.3. The number of rotatable bonds is 5. The van der Waals surface area contributed by atoms with Gasteiger partial charge >= 0.3 is 6.18 Å². The molecule has 2 rings (SSSR count). The van der Waals surface area contributed by atoms with Crippen molar-refractivity contribution in [1.29, 1.82) is 0 Å². The van der Waals surface area contributed by atoms with Crippen LogP contribution >= 0.6 is 0 Å². The van der Waals surface area contributed by atoms with Crippen LogP contribution in [0, 0.1) is 0 Å². The highest BCUT2D eigenvalue weighted by Gasteiger charge is 2.30. The number of Topliss-reactive ketones (excluding diaryl/α,β-unsaturated/α-hetero) is 1. The van der Waals surface area contributed by atoms with Crippen molar-refractivity contribution in [2.45, 2.75) is 31.5 Å².